The molecule has 0 amide bonds. The van der Waals surface area contributed by atoms with Crippen LogP contribution in [-0.4, -0.2) is 44.8 Å². The van der Waals surface area contributed by atoms with E-state index in [4.69, 9.17) is 23.2 Å². The highest BCUT2D eigenvalue weighted by Gasteiger charge is 2.23. The van der Waals surface area contributed by atoms with Crippen LogP contribution in [0.15, 0.2) is 24.1 Å². The molecular weight excluding hydrogens is 510 g/mol. The number of sulfonamides is 1. The van der Waals surface area contributed by atoms with Crippen molar-refractivity contribution in [1.29, 1.82) is 0 Å². The van der Waals surface area contributed by atoms with E-state index in [9.17, 15) is 13.2 Å². The van der Waals surface area contributed by atoms with Gasteiger partial charge in [-0.15, -0.1) is 0 Å². The minimum absolute atomic E-state index is 0.0952. The molecule has 1 fully saturated rings. The molecule has 1 N–H and O–H groups in total. The lowest BCUT2D eigenvalue weighted by Crippen LogP contribution is -2.45. The molecule has 0 aliphatic carbocycles. The second-order valence-corrected chi connectivity index (χ2v) is 9.91. The Morgan fingerprint density at radius 3 is 2.54 bits per heavy atom. The molecule has 0 atom stereocenters. The topological polar surface area (TPSA) is 66.5 Å². The van der Waals surface area contributed by atoms with Gasteiger partial charge in [0.15, 0.2) is 0 Å². The van der Waals surface area contributed by atoms with Crippen LogP contribution in [0.2, 0.25) is 10.0 Å². The van der Waals surface area contributed by atoms with Crippen molar-refractivity contribution in [3.63, 3.8) is 0 Å². The van der Waals surface area contributed by atoms with E-state index in [1.165, 1.54) is 0 Å². The predicted molar refractivity (Wildman–Crippen MR) is 114 cm³/mol. The SMILES string of the molecule is C=CS(=O)(=O)NC1CCN(CC(=O)CCc2cc(Cl)c(Cl)cc2I)CC1. The lowest BCUT2D eigenvalue weighted by atomic mass is 10.0. The van der Waals surface area contributed by atoms with Crippen LogP contribution in [0.3, 0.4) is 0 Å². The lowest BCUT2D eigenvalue weighted by molar-refractivity contribution is -0.120. The average Bonchev–Trinajstić information content (AvgIpc) is 2.58. The van der Waals surface area contributed by atoms with Crippen LogP contribution in [0.1, 0.15) is 24.8 Å². The van der Waals surface area contributed by atoms with Gasteiger partial charge in [-0.1, -0.05) is 29.8 Å². The zero-order valence-corrected chi connectivity index (χ0v) is 18.7. The molecule has 0 spiro atoms. The minimum atomic E-state index is -3.40. The highest BCUT2D eigenvalue weighted by atomic mass is 127. The number of nitrogens with one attached hydrogen (secondary N) is 1. The number of likely N-dealkylation sites (tertiary alicyclic amines) is 1. The van der Waals surface area contributed by atoms with Gasteiger partial charge >= 0.3 is 0 Å². The van der Waals surface area contributed by atoms with Crippen molar-refractivity contribution >= 4 is 61.6 Å². The van der Waals surface area contributed by atoms with Crippen LogP contribution >= 0.6 is 45.8 Å². The van der Waals surface area contributed by atoms with Gasteiger partial charge in [-0.25, -0.2) is 13.1 Å². The third-order valence-electron chi connectivity index (χ3n) is 4.30. The standard InChI is InChI=1S/C17H21Cl2IN2O3S/c1-2-26(24,25)21-13-5-7-22(8-6-13)11-14(23)4-3-12-9-15(18)16(19)10-17(12)20/h2,9-10,13,21H,1,3-8,11H2. The van der Waals surface area contributed by atoms with E-state index in [2.05, 4.69) is 38.8 Å². The number of rotatable bonds is 8. The van der Waals surface area contributed by atoms with Crippen LogP contribution in [0.5, 0.6) is 0 Å². The van der Waals surface area contributed by atoms with Gasteiger partial charge in [-0.05, 0) is 59.5 Å². The molecule has 9 heteroatoms. The number of piperidine rings is 1. The van der Waals surface area contributed by atoms with Crippen molar-refractivity contribution < 1.29 is 13.2 Å². The second kappa shape index (κ2) is 9.84. The van der Waals surface area contributed by atoms with E-state index in [0.717, 1.165) is 14.5 Å². The van der Waals surface area contributed by atoms with E-state index in [1.54, 1.807) is 6.07 Å². The first-order valence-corrected chi connectivity index (χ1v) is 11.6. The Morgan fingerprint density at radius 2 is 1.92 bits per heavy atom. The summed E-state index contributed by atoms with van der Waals surface area (Å²) >= 11 is 14.2. The number of halogens is 3. The zero-order valence-electron chi connectivity index (χ0n) is 14.2. The van der Waals surface area contributed by atoms with Crippen molar-refractivity contribution in [3.8, 4) is 0 Å². The third-order valence-corrected chi connectivity index (χ3v) is 7.13. The van der Waals surface area contributed by atoms with Gasteiger partial charge in [0.05, 0.1) is 16.6 Å². The maximum atomic E-state index is 12.3. The summed E-state index contributed by atoms with van der Waals surface area (Å²) in [6.07, 6.45) is 2.44. The van der Waals surface area contributed by atoms with Crippen LogP contribution < -0.4 is 4.72 Å². The maximum Gasteiger partial charge on any atom is 0.233 e. The highest BCUT2D eigenvalue weighted by molar-refractivity contribution is 14.1. The first kappa shape index (κ1) is 22.1. The van der Waals surface area contributed by atoms with Gasteiger partial charge in [-0.2, -0.15) is 0 Å². The Bertz CT molecular complexity index is 778. The summed E-state index contributed by atoms with van der Waals surface area (Å²) in [7, 11) is -3.40. The molecule has 1 aliphatic heterocycles. The number of hydrogen-bond acceptors (Lipinski definition) is 4. The highest BCUT2D eigenvalue weighted by Crippen LogP contribution is 2.27. The van der Waals surface area contributed by atoms with E-state index < -0.39 is 10.0 Å². The van der Waals surface area contributed by atoms with Gasteiger partial charge in [0.1, 0.15) is 5.78 Å². The predicted octanol–water partition coefficient (Wildman–Crippen LogP) is 3.63. The summed E-state index contributed by atoms with van der Waals surface area (Å²) in [5.74, 6) is 0.164. The summed E-state index contributed by atoms with van der Waals surface area (Å²) in [5.41, 5.74) is 1.02. The molecule has 1 aromatic carbocycles. The fourth-order valence-corrected chi connectivity index (χ4v) is 4.91. The number of aryl methyl sites for hydroxylation is 1. The van der Waals surface area contributed by atoms with Crippen molar-refractivity contribution in [2.45, 2.75) is 31.7 Å². The molecule has 1 heterocycles. The van der Waals surface area contributed by atoms with Crippen molar-refractivity contribution in [2.24, 2.45) is 0 Å². The molecule has 0 aromatic heterocycles. The van der Waals surface area contributed by atoms with Crippen LogP contribution in [0.25, 0.3) is 0 Å². The van der Waals surface area contributed by atoms with Gasteiger partial charge in [0.2, 0.25) is 10.0 Å². The molecule has 0 bridgehead atoms. The van der Waals surface area contributed by atoms with Crippen LogP contribution in [0, 0.1) is 3.57 Å². The molecule has 1 aromatic rings. The van der Waals surface area contributed by atoms with Gasteiger partial charge in [0, 0.05) is 34.5 Å². The lowest BCUT2D eigenvalue weighted by Gasteiger charge is -2.31. The molecule has 0 radical (unpaired) electrons. The minimum Gasteiger partial charge on any atom is -0.298 e. The summed E-state index contributed by atoms with van der Waals surface area (Å²) in [5, 5.41) is 1.94. The molecule has 1 aliphatic rings. The monoisotopic (exact) mass is 530 g/mol. The Kier molecular flexibility index (Phi) is 8.36. The number of hydrogen-bond donors (Lipinski definition) is 1. The zero-order chi connectivity index (χ0) is 19.3. The maximum absolute atomic E-state index is 12.3. The summed E-state index contributed by atoms with van der Waals surface area (Å²) < 4.78 is 26.6. The molecule has 2 rings (SSSR count). The van der Waals surface area contributed by atoms with Crippen molar-refractivity contribution in [3.05, 3.63) is 43.3 Å². The fraction of sp³-hybridized carbons (Fsp3) is 0.471. The quantitative estimate of drug-likeness (QED) is 0.412. The number of nitrogens with zero attached hydrogens (tertiary/aromatic N) is 1. The van der Waals surface area contributed by atoms with Crippen LogP contribution in [-0.2, 0) is 21.2 Å². The summed E-state index contributed by atoms with van der Waals surface area (Å²) in [4.78, 5) is 14.3. The smallest absolute Gasteiger partial charge is 0.233 e. The van der Waals surface area contributed by atoms with E-state index >= 15 is 0 Å². The Balaban J connectivity index is 1.77. The van der Waals surface area contributed by atoms with Gasteiger partial charge in [-0.3, -0.25) is 9.69 Å². The largest absolute Gasteiger partial charge is 0.298 e. The average molecular weight is 531 g/mol. The fourth-order valence-electron chi connectivity index (χ4n) is 2.85. The Morgan fingerprint density at radius 1 is 1.31 bits per heavy atom. The molecule has 144 valence electrons. The second-order valence-electron chi connectivity index (χ2n) is 6.28. The molecule has 5 nitrogen and oxygen atoms in total. The molecule has 0 unspecified atom stereocenters. The summed E-state index contributed by atoms with van der Waals surface area (Å²) in [6, 6.07) is 3.53. The molecule has 0 saturated carbocycles. The normalized spacial score (nSPS) is 16.6. The first-order valence-electron chi connectivity index (χ1n) is 8.22. The summed E-state index contributed by atoms with van der Waals surface area (Å²) in [6.45, 7) is 5.07. The van der Waals surface area contributed by atoms with Crippen molar-refractivity contribution in [2.75, 3.05) is 19.6 Å². The number of ketones is 1. The number of benzene rings is 1. The molecular formula is C17H21Cl2IN2O3S. The Labute approximate surface area is 178 Å². The first-order chi connectivity index (χ1) is 12.2. The molecule has 26 heavy (non-hydrogen) atoms. The Hall–Kier alpha value is -0.190. The van der Waals surface area contributed by atoms with Crippen LogP contribution in [0.4, 0.5) is 0 Å². The van der Waals surface area contributed by atoms with E-state index in [-0.39, 0.29) is 11.8 Å². The van der Waals surface area contributed by atoms with E-state index in [1.807, 2.05) is 6.07 Å². The third kappa shape index (κ3) is 6.76. The molecule has 1 saturated heterocycles. The van der Waals surface area contributed by atoms with Gasteiger partial charge < -0.3 is 0 Å². The van der Waals surface area contributed by atoms with E-state index in [0.29, 0.717) is 55.4 Å². The number of carbonyl (C=O) groups is 1. The van der Waals surface area contributed by atoms with Gasteiger partial charge in [0.25, 0.3) is 0 Å². The van der Waals surface area contributed by atoms with Crippen molar-refractivity contribution in [1.82, 2.24) is 9.62 Å². The number of carbonyl (C=O) groups excluding carboxylic acids is 1. The number of Topliss-reactive ketones (excluding diaryl/α,β-unsaturated/α-hetero) is 1.